The number of rotatable bonds is 5. The summed E-state index contributed by atoms with van der Waals surface area (Å²) >= 11 is 4.78. The van der Waals surface area contributed by atoms with Crippen LogP contribution in [0.1, 0.15) is 12.0 Å². The molecular weight excluding hydrogens is 455 g/mol. The van der Waals surface area contributed by atoms with Crippen molar-refractivity contribution in [1.82, 2.24) is 0 Å². The van der Waals surface area contributed by atoms with E-state index in [0.717, 1.165) is 34.9 Å². The first-order chi connectivity index (χ1) is 13.6. The van der Waals surface area contributed by atoms with Crippen molar-refractivity contribution in [2.45, 2.75) is 13.3 Å². The third-order valence-electron chi connectivity index (χ3n) is 3.56. The fourth-order valence-corrected chi connectivity index (χ4v) is 2.32. The maximum absolute atomic E-state index is 4.76. The number of hydrogen-bond donors (Lipinski definition) is 0. The predicted octanol–water partition coefficient (Wildman–Crippen LogP) is 6.94. The Kier molecular flexibility index (Phi) is 10.0. The van der Waals surface area contributed by atoms with Crippen LogP contribution in [0, 0.1) is 6.92 Å². The third-order valence-corrected chi connectivity index (χ3v) is 3.65. The molecule has 4 nitrogen and oxygen atoms in total. The van der Waals surface area contributed by atoms with Crippen LogP contribution in [0.25, 0.3) is 0 Å². The summed E-state index contributed by atoms with van der Waals surface area (Å²) in [4.78, 5) is 17.3. The number of aryl methyl sites for hydroxylation is 1. The van der Waals surface area contributed by atoms with Gasteiger partial charge in [-0.05, 0) is 55.5 Å². The van der Waals surface area contributed by atoms with Gasteiger partial charge in [0.1, 0.15) is 0 Å². The minimum atomic E-state index is 0.194. The Hall–Kier alpha value is -1.91. The molecule has 0 bridgehead atoms. The van der Waals surface area contributed by atoms with Crippen molar-refractivity contribution in [1.29, 1.82) is 0 Å². The SMILES string of the molecule is Cc1ccc(N=CC2=NC(C=Nc3ccc(N=C=S)cc3)=CC2)cc1.[Cl][Fe][Cl]. The number of benzene rings is 2. The molecule has 28 heavy (non-hydrogen) atoms. The topological polar surface area (TPSA) is 49.4 Å². The van der Waals surface area contributed by atoms with Crippen LogP contribution in [-0.4, -0.2) is 23.3 Å². The Labute approximate surface area is 184 Å². The van der Waals surface area contributed by atoms with Crippen molar-refractivity contribution >= 4 is 72.8 Å². The van der Waals surface area contributed by atoms with Crippen LogP contribution in [0.2, 0.25) is 0 Å². The van der Waals surface area contributed by atoms with Gasteiger partial charge >= 0.3 is 33.3 Å². The molecule has 2 aromatic carbocycles. The number of hydrogen-bond acceptors (Lipinski definition) is 5. The van der Waals surface area contributed by atoms with Crippen molar-refractivity contribution in [2.75, 3.05) is 0 Å². The molecule has 1 aliphatic heterocycles. The van der Waals surface area contributed by atoms with Gasteiger partial charge < -0.3 is 0 Å². The van der Waals surface area contributed by atoms with E-state index in [4.69, 9.17) is 20.2 Å². The zero-order chi connectivity index (χ0) is 20.2. The first-order valence-corrected chi connectivity index (χ1v) is 11.5. The van der Waals surface area contributed by atoms with E-state index in [0.29, 0.717) is 0 Å². The van der Waals surface area contributed by atoms with E-state index in [1.165, 1.54) is 5.56 Å². The third kappa shape index (κ3) is 7.99. The molecule has 1 heterocycles. The Balaban J connectivity index is 0.000000878. The molecule has 0 N–H and O–H groups in total. The van der Waals surface area contributed by atoms with Crippen LogP contribution in [0.3, 0.4) is 0 Å². The van der Waals surface area contributed by atoms with Crippen molar-refractivity contribution < 1.29 is 13.1 Å². The van der Waals surface area contributed by atoms with Crippen LogP contribution in [0.15, 0.2) is 80.3 Å². The minimum absolute atomic E-state index is 0.194. The number of isothiocyanates is 1. The van der Waals surface area contributed by atoms with Gasteiger partial charge in [-0.1, -0.05) is 23.8 Å². The van der Waals surface area contributed by atoms with Crippen molar-refractivity contribution in [2.24, 2.45) is 20.0 Å². The zero-order valence-electron chi connectivity index (χ0n) is 14.9. The Bertz CT molecular complexity index is 945. The monoisotopic (exact) mass is 470 g/mol. The summed E-state index contributed by atoms with van der Waals surface area (Å²) in [5.74, 6) is 0. The van der Waals surface area contributed by atoms with E-state index >= 15 is 0 Å². The van der Waals surface area contributed by atoms with Crippen LogP contribution >= 0.6 is 32.4 Å². The average Bonchev–Trinajstić information content (AvgIpc) is 3.16. The Morgan fingerprint density at radius 3 is 2.11 bits per heavy atom. The average molecular weight is 471 g/mol. The number of halogens is 2. The van der Waals surface area contributed by atoms with Gasteiger partial charge in [0.25, 0.3) is 0 Å². The second kappa shape index (κ2) is 12.5. The van der Waals surface area contributed by atoms with Crippen molar-refractivity contribution in [3.8, 4) is 0 Å². The number of thiocarbonyl (C=S) groups is 1. The summed E-state index contributed by atoms with van der Waals surface area (Å²) < 4.78 is 0. The van der Waals surface area contributed by atoms with Gasteiger partial charge in [0.05, 0.1) is 39.8 Å². The first kappa shape index (κ1) is 22.4. The fraction of sp³-hybridized carbons (Fsp3) is 0.100. The van der Waals surface area contributed by atoms with Crippen molar-refractivity contribution in [3.05, 3.63) is 65.9 Å². The quantitative estimate of drug-likeness (QED) is 0.265. The van der Waals surface area contributed by atoms with E-state index in [-0.39, 0.29) is 13.1 Å². The van der Waals surface area contributed by atoms with E-state index in [1.54, 1.807) is 12.4 Å². The molecule has 0 atom stereocenters. The molecule has 0 aromatic heterocycles. The standard InChI is InChI=1S/C20H16N4S.2ClH.Fe/c1-15-2-4-16(5-3-15)21-12-19-10-11-20(24-19)13-22-17-6-8-18(9-7-17)23-14-25;;;/h2-9,11-13H,10H2,1H3;2*1H;/q;;;+2/p-2. The predicted molar refractivity (Wildman–Crippen MR) is 120 cm³/mol. The summed E-state index contributed by atoms with van der Waals surface area (Å²) in [7, 11) is 9.53. The first-order valence-electron chi connectivity index (χ1n) is 8.10. The van der Waals surface area contributed by atoms with Gasteiger partial charge in [-0.25, -0.2) is 0 Å². The molecular formula is C20H16Cl2FeN4S. The molecule has 1 aliphatic rings. The fourth-order valence-electron chi connectivity index (χ4n) is 2.22. The van der Waals surface area contributed by atoms with Gasteiger partial charge in [0.15, 0.2) is 0 Å². The molecule has 0 unspecified atom stereocenters. The van der Waals surface area contributed by atoms with Gasteiger partial charge in [-0.15, -0.1) is 0 Å². The molecule has 0 radical (unpaired) electrons. The summed E-state index contributed by atoms with van der Waals surface area (Å²) in [6.45, 7) is 2.06. The van der Waals surface area contributed by atoms with Crippen LogP contribution in [-0.2, 0) is 13.1 Å². The second-order valence-electron chi connectivity index (χ2n) is 5.56. The molecule has 0 amide bonds. The van der Waals surface area contributed by atoms with Crippen LogP contribution in [0.5, 0.6) is 0 Å². The van der Waals surface area contributed by atoms with Crippen molar-refractivity contribution in [3.63, 3.8) is 0 Å². The summed E-state index contributed by atoms with van der Waals surface area (Å²) in [5.41, 5.74) is 5.51. The molecule has 0 saturated carbocycles. The van der Waals surface area contributed by atoms with E-state index in [1.807, 2.05) is 54.6 Å². The van der Waals surface area contributed by atoms with E-state index < -0.39 is 0 Å². The van der Waals surface area contributed by atoms with Crippen LogP contribution < -0.4 is 0 Å². The Morgan fingerprint density at radius 1 is 0.964 bits per heavy atom. The summed E-state index contributed by atoms with van der Waals surface area (Å²) in [6, 6.07) is 15.5. The molecule has 0 aliphatic carbocycles. The zero-order valence-corrected chi connectivity index (χ0v) is 18.3. The molecule has 144 valence electrons. The molecule has 0 fully saturated rings. The number of allylic oxidation sites excluding steroid dienone is 2. The molecule has 2 aromatic rings. The van der Waals surface area contributed by atoms with Gasteiger partial charge in [0, 0.05) is 12.6 Å². The summed E-state index contributed by atoms with van der Waals surface area (Å²) in [6.07, 6.45) is 6.36. The molecule has 0 saturated heterocycles. The normalized spacial score (nSPS) is 13.1. The summed E-state index contributed by atoms with van der Waals surface area (Å²) in [5, 5.41) is 2.34. The molecule has 3 rings (SSSR count). The molecule has 8 heteroatoms. The number of aliphatic imine (C=N–C) groups is 4. The maximum atomic E-state index is 4.76. The second-order valence-corrected chi connectivity index (χ2v) is 7.56. The van der Waals surface area contributed by atoms with Gasteiger partial charge in [0.2, 0.25) is 0 Å². The van der Waals surface area contributed by atoms with Crippen LogP contribution in [0.4, 0.5) is 17.1 Å². The van der Waals surface area contributed by atoms with E-state index in [9.17, 15) is 0 Å². The van der Waals surface area contributed by atoms with Gasteiger partial charge in [-0.3, -0.25) is 15.0 Å². The van der Waals surface area contributed by atoms with E-state index in [2.05, 4.69) is 44.3 Å². The Morgan fingerprint density at radius 2 is 1.50 bits per heavy atom. The number of nitrogens with zero attached hydrogens (tertiary/aromatic N) is 4. The molecule has 0 spiro atoms. The van der Waals surface area contributed by atoms with Gasteiger partial charge in [-0.2, -0.15) is 4.99 Å².